The van der Waals surface area contributed by atoms with Gasteiger partial charge in [-0.3, -0.25) is 0 Å². The maximum absolute atomic E-state index is 4.11. The van der Waals surface area contributed by atoms with E-state index in [0.29, 0.717) is 5.92 Å². The van der Waals surface area contributed by atoms with Crippen LogP contribution in [0.4, 0.5) is 0 Å². The highest BCUT2D eigenvalue weighted by atomic mass is 14.2. The second-order valence-corrected chi connectivity index (χ2v) is 4.51. The maximum atomic E-state index is 4.11. The molecule has 0 aromatic heterocycles. The van der Waals surface area contributed by atoms with Crippen LogP contribution < -0.4 is 0 Å². The van der Waals surface area contributed by atoms with Gasteiger partial charge in [0.25, 0.3) is 0 Å². The minimum Gasteiger partial charge on any atom is -0.0628 e. The zero-order chi connectivity index (χ0) is 9.02. The van der Waals surface area contributed by atoms with Crippen molar-refractivity contribution in [3.05, 3.63) is 6.92 Å². The van der Waals surface area contributed by atoms with Gasteiger partial charge in [-0.15, -0.1) is 0 Å². The first-order valence-corrected chi connectivity index (χ1v) is 4.78. The molecule has 1 radical (unpaired) electrons. The first-order chi connectivity index (χ1) is 4.95. The summed E-state index contributed by atoms with van der Waals surface area (Å²) in [7, 11) is 0. The van der Waals surface area contributed by atoms with Gasteiger partial charge in [0, 0.05) is 0 Å². The molecule has 0 aromatic carbocycles. The molecule has 0 saturated carbocycles. The molecule has 0 bridgehead atoms. The van der Waals surface area contributed by atoms with Crippen molar-refractivity contribution >= 4 is 0 Å². The summed E-state index contributed by atoms with van der Waals surface area (Å²) in [5.74, 6) is 2.99. The van der Waals surface area contributed by atoms with Gasteiger partial charge in [-0.05, 0) is 30.1 Å². The van der Waals surface area contributed by atoms with Crippen LogP contribution in [-0.4, -0.2) is 0 Å². The molecule has 0 aliphatic carbocycles. The molecule has 0 spiro atoms. The molecule has 0 amide bonds. The zero-order valence-electron chi connectivity index (χ0n) is 8.72. The van der Waals surface area contributed by atoms with Crippen LogP contribution in [0.25, 0.3) is 0 Å². The lowest BCUT2D eigenvalue weighted by Crippen LogP contribution is -2.17. The van der Waals surface area contributed by atoms with E-state index in [-0.39, 0.29) is 0 Å². The Bertz CT molecular complexity index is 82.2. The van der Waals surface area contributed by atoms with E-state index in [0.717, 1.165) is 17.8 Å². The summed E-state index contributed by atoms with van der Waals surface area (Å²) in [4.78, 5) is 0. The molecule has 0 N–H and O–H groups in total. The molecule has 0 aromatic rings. The molecular weight excluding hydrogens is 132 g/mol. The van der Waals surface area contributed by atoms with Crippen molar-refractivity contribution < 1.29 is 0 Å². The minimum atomic E-state index is 0.595. The van der Waals surface area contributed by atoms with Gasteiger partial charge in [-0.25, -0.2) is 0 Å². The Morgan fingerprint density at radius 3 is 1.55 bits per heavy atom. The molecule has 0 aliphatic heterocycles. The summed E-state index contributed by atoms with van der Waals surface area (Å²) < 4.78 is 0. The van der Waals surface area contributed by atoms with E-state index in [1.807, 2.05) is 0 Å². The normalized spacial score (nSPS) is 12.5. The number of hydrogen-bond donors (Lipinski definition) is 0. The molecule has 2 atom stereocenters. The fraction of sp³-hybridized carbons (Fsp3) is 0.909. The molecule has 2 unspecified atom stereocenters. The fourth-order valence-corrected chi connectivity index (χ4v) is 1.71. The van der Waals surface area contributed by atoms with Crippen LogP contribution in [0.5, 0.6) is 0 Å². The van der Waals surface area contributed by atoms with Crippen LogP contribution in [0.3, 0.4) is 0 Å². The molecule has 0 rings (SSSR count). The van der Waals surface area contributed by atoms with E-state index in [4.69, 9.17) is 0 Å². The van der Waals surface area contributed by atoms with Crippen molar-refractivity contribution in [3.63, 3.8) is 0 Å². The Labute approximate surface area is 72.4 Å². The van der Waals surface area contributed by atoms with Gasteiger partial charge < -0.3 is 0 Å². The zero-order valence-corrected chi connectivity index (χ0v) is 8.72. The van der Waals surface area contributed by atoms with Gasteiger partial charge in [0.2, 0.25) is 0 Å². The lowest BCUT2D eigenvalue weighted by atomic mass is 9.80. The predicted octanol–water partition coefficient (Wildman–Crippen LogP) is 3.77. The summed E-state index contributed by atoms with van der Waals surface area (Å²) in [6, 6.07) is 0. The van der Waals surface area contributed by atoms with Gasteiger partial charge in [-0.2, -0.15) is 0 Å². The number of rotatable bonds is 4. The Hall–Kier alpha value is 0. The molecule has 0 heteroatoms. The number of hydrogen-bond acceptors (Lipinski definition) is 0. The van der Waals surface area contributed by atoms with Crippen LogP contribution in [0.2, 0.25) is 0 Å². The Balaban J connectivity index is 3.90. The van der Waals surface area contributed by atoms with Gasteiger partial charge >= 0.3 is 0 Å². The van der Waals surface area contributed by atoms with Crippen molar-refractivity contribution in [2.45, 2.75) is 41.0 Å². The molecule has 11 heavy (non-hydrogen) atoms. The highest BCUT2D eigenvalue weighted by Gasteiger charge is 2.18. The molecule has 0 aliphatic rings. The SMILES string of the molecule is [CH2]C(C)C(CC(C)C)C(C)C. The van der Waals surface area contributed by atoms with Crippen LogP contribution >= 0.6 is 0 Å². The summed E-state index contributed by atoms with van der Waals surface area (Å²) >= 11 is 0. The average Bonchev–Trinajstić information content (AvgIpc) is 1.81. The Morgan fingerprint density at radius 1 is 1.00 bits per heavy atom. The van der Waals surface area contributed by atoms with E-state index in [1.54, 1.807) is 0 Å². The summed E-state index contributed by atoms with van der Waals surface area (Å²) in [6.45, 7) is 15.5. The molecule has 0 heterocycles. The van der Waals surface area contributed by atoms with Crippen molar-refractivity contribution in [2.24, 2.45) is 23.7 Å². The van der Waals surface area contributed by atoms with Crippen molar-refractivity contribution in [1.82, 2.24) is 0 Å². The Kier molecular flexibility index (Phi) is 4.79. The van der Waals surface area contributed by atoms with Gasteiger partial charge in [0.1, 0.15) is 0 Å². The van der Waals surface area contributed by atoms with Crippen LogP contribution in [-0.2, 0) is 0 Å². The monoisotopic (exact) mass is 155 g/mol. The lowest BCUT2D eigenvalue weighted by Gasteiger charge is -2.26. The van der Waals surface area contributed by atoms with Gasteiger partial charge in [0.05, 0.1) is 0 Å². The van der Waals surface area contributed by atoms with Crippen LogP contribution in [0.1, 0.15) is 41.0 Å². The molecule has 0 nitrogen and oxygen atoms in total. The smallest absolute Gasteiger partial charge is 0.0363 e. The van der Waals surface area contributed by atoms with E-state index >= 15 is 0 Å². The first-order valence-electron chi connectivity index (χ1n) is 4.78. The largest absolute Gasteiger partial charge is 0.0628 e. The maximum Gasteiger partial charge on any atom is -0.0363 e. The quantitative estimate of drug-likeness (QED) is 0.579. The molecule has 0 saturated heterocycles. The minimum absolute atomic E-state index is 0.595. The van der Waals surface area contributed by atoms with Crippen molar-refractivity contribution in [3.8, 4) is 0 Å². The van der Waals surface area contributed by atoms with Crippen molar-refractivity contribution in [2.75, 3.05) is 0 Å². The van der Waals surface area contributed by atoms with Gasteiger partial charge in [-0.1, -0.05) is 41.5 Å². The van der Waals surface area contributed by atoms with Crippen LogP contribution in [0.15, 0.2) is 0 Å². The van der Waals surface area contributed by atoms with Crippen LogP contribution in [0, 0.1) is 30.6 Å². The third kappa shape index (κ3) is 4.44. The highest BCUT2D eigenvalue weighted by Crippen LogP contribution is 2.26. The fourth-order valence-electron chi connectivity index (χ4n) is 1.71. The predicted molar refractivity (Wildman–Crippen MR) is 52.3 cm³/mol. The second kappa shape index (κ2) is 4.79. The third-order valence-electron chi connectivity index (χ3n) is 2.33. The summed E-state index contributed by atoms with van der Waals surface area (Å²) in [5.41, 5.74) is 0. The third-order valence-corrected chi connectivity index (χ3v) is 2.33. The lowest BCUT2D eigenvalue weighted by molar-refractivity contribution is 0.258. The summed E-state index contributed by atoms with van der Waals surface area (Å²) in [6.07, 6.45) is 1.32. The molecular formula is C11H23. The topological polar surface area (TPSA) is 0 Å². The molecule has 67 valence electrons. The summed E-state index contributed by atoms with van der Waals surface area (Å²) in [5, 5.41) is 0. The standard InChI is InChI=1S/C11H23/c1-8(2)7-11(9(3)4)10(5)6/h8-11H,3,7H2,1-2,4-6H3. The van der Waals surface area contributed by atoms with E-state index in [1.165, 1.54) is 6.42 Å². The van der Waals surface area contributed by atoms with Gasteiger partial charge in [0.15, 0.2) is 0 Å². The van der Waals surface area contributed by atoms with E-state index in [2.05, 4.69) is 41.5 Å². The van der Waals surface area contributed by atoms with Crippen molar-refractivity contribution in [1.29, 1.82) is 0 Å². The average molecular weight is 155 g/mol. The van der Waals surface area contributed by atoms with E-state index in [9.17, 15) is 0 Å². The highest BCUT2D eigenvalue weighted by molar-refractivity contribution is 4.72. The first kappa shape index (κ1) is 11.0. The second-order valence-electron chi connectivity index (χ2n) is 4.51. The van der Waals surface area contributed by atoms with E-state index < -0.39 is 0 Å². The Morgan fingerprint density at radius 2 is 1.45 bits per heavy atom. The molecule has 0 fully saturated rings.